The van der Waals surface area contributed by atoms with Crippen LogP contribution in [0.25, 0.3) is 16.5 Å². The molecule has 3 nitrogen and oxygen atoms in total. The number of aryl methyl sites for hydroxylation is 1. The normalized spacial score (nSPS) is 17.8. The molecule has 0 fully saturated rings. The largest absolute Gasteiger partial charge is 0.508 e. The number of phenolic OH excluding ortho intramolecular Hbond substituents is 1. The van der Waals surface area contributed by atoms with Crippen molar-refractivity contribution in [3.8, 4) is 5.75 Å². The maximum atomic E-state index is 9.91. The first-order valence-corrected chi connectivity index (χ1v) is 8.56. The number of rotatable bonds is 4. The highest BCUT2D eigenvalue weighted by Gasteiger charge is 2.16. The second kappa shape index (κ2) is 6.54. The van der Waals surface area contributed by atoms with Crippen molar-refractivity contribution >= 4 is 16.5 Å². The molecule has 3 N–H and O–H groups in total. The highest BCUT2D eigenvalue weighted by atomic mass is 16.3. The van der Waals surface area contributed by atoms with Gasteiger partial charge in [-0.15, -0.1) is 0 Å². The molecular weight excluding hydrogens is 296 g/mol. The molecule has 1 atom stereocenters. The van der Waals surface area contributed by atoms with Crippen LogP contribution in [0.5, 0.6) is 5.75 Å². The molecule has 2 aromatic carbocycles. The number of hydrogen-bond donors (Lipinski definition) is 3. The van der Waals surface area contributed by atoms with Gasteiger partial charge in [0.1, 0.15) is 5.75 Å². The Morgan fingerprint density at radius 1 is 1.08 bits per heavy atom. The molecule has 0 saturated carbocycles. The summed E-state index contributed by atoms with van der Waals surface area (Å²) in [5.74, 6) is 0.335. The van der Waals surface area contributed by atoms with Gasteiger partial charge in [0.25, 0.3) is 0 Å². The van der Waals surface area contributed by atoms with E-state index in [0.29, 0.717) is 11.8 Å². The van der Waals surface area contributed by atoms with Crippen molar-refractivity contribution in [2.24, 2.45) is 0 Å². The van der Waals surface area contributed by atoms with Gasteiger partial charge in [-0.25, -0.2) is 0 Å². The number of H-pyrrole nitrogens is 1. The van der Waals surface area contributed by atoms with E-state index < -0.39 is 0 Å². The third-order valence-electron chi connectivity index (χ3n) is 4.87. The van der Waals surface area contributed by atoms with Crippen LogP contribution < -0.4 is 5.32 Å². The van der Waals surface area contributed by atoms with Crippen LogP contribution in [0.4, 0.5) is 0 Å². The zero-order valence-corrected chi connectivity index (χ0v) is 13.6. The number of nitrogens with one attached hydrogen (secondary N) is 2. The van der Waals surface area contributed by atoms with Crippen molar-refractivity contribution < 1.29 is 5.11 Å². The molecule has 1 aliphatic rings. The van der Waals surface area contributed by atoms with E-state index in [1.807, 2.05) is 12.3 Å². The average Bonchev–Trinajstić information content (AvgIpc) is 3.09. The van der Waals surface area contributed by atoms with Crippen LogP contribution in [0.2, 0.25) is 0 Å². The number of aromatic amines is 1. The number of phenols is 1. The minimum Gasteiger partial charge on any atom is -0.508 e. The minimum atomic E-state index is 0.335. The Balaban J connectivity index is 1.46. The molecule has 0 bridgehead atoms. The van der Waals surface area contributed by atoms with Crippen LogP contribution >= 0.6 is 0 Å². The molecule has 3 heteroatoms. The lowest BCUT2D eigenvalue weighted by Gasteiger charge is -2.25. The van der Waals surface area contributed by atoms with E-state index >= 15 is 0 Å². The van der Waals surface area contributed by atoms with Gasteiger partial charge in [0.2, 0.25) is 0 Å². The first-order valence-electron chi connectivity index (χ1n) is 8.56. The Bertz CT molecular complexity index is 864. The summed E-state index contributed by atoms with van der Waals surface area (Å²) in [5.41, 5.74) is 4.98. The van der Waals surface area contributed by atoms with E-state index in [1.54, 1.807) is 6.07 Å². The van der Waals surface area contributed by atoms with E-state index in [-0.39, 0.29) is 0 Å². The molecule has 0 radical (unpaired) electrons. The van der Waals surface area contributed by atoms with Gasteiger partial charge in [-0.3, -0.25) is 0 Å². The number of hydrogen-bond acceptors (Lipinski definition) is 2. The smallest absolute Gasteiger partial charge is 0.117 e. The van der Waals surface area contributed by atoms with E-state index in [4.69, 9.17) is 0 Å². The van der Waals surface area contributed by atoms with Crippen molar-refractivity contribution in [1.29, 1.82) is 0 Å². The fraction of sp³-hybridized carbons (Fsp3) is 0.238. The summed E-state index contributed by atoms with van der Waals surface area (Å²) in [6.07, 6.45) is 7.31. The molecule has 1 aromatic heterocycles. The van der Waals surface area contributed by atoms with Gasteiger partial charge in [-0.1, -0.05) is 36.4 Å². The zero-order chi connectivity index (χ0) is 16.4. The van der Waals surface area contributed by atoms with Crippen LogP contribution in [0.1, 0.15) is 24.0 Å². The third-order valence-corrected chi connectivity index (χ3v) is 4.87. The van der Waals surface area contributed by atoms with Crippen molar-refractivity contribution in [3.63, 3.8) is 0 Å². The Labute approximate surface area is 142 Å². The Morgan fingerprint density at radius 3 is 2.83 bits per heavy atom. The predicted octanol–water partition coefficient (Wildman–Crippen LogP) is 4.25. The fourth-order valence-electron chi connectivity index (χ4n) is 3.63. The maximum Gasteiger partial charge on any atom is 0.117 e. The Kier molecular flexibility index (Phi) is 4.09. The lowest BCUT2D eigenvalue weighted by molar-refractivity contribution is 0.473. The van der Waals surface area contributed by atoms with E-state index in [0.717, 1.165) is 31.3 Å². The Morgan fingerprint density at radius 2 is 1.96 bits per heavy atom. The summed E-state index contributed by atoms with van der Waals surface area (Å²) in [6, 6.07) is 16.9. The summed E-state index contributed by atoms with van der Waals surface area (Å²) in [4.78, 5) is 3.18. The molecule has 1 unspecified atom stereocenters. The lowest BCUT2D eigenvalue weighted by atomic mass is 9.91. The number of benzene rings is 2. The van der Waals surface area contributed by atoms with Gasteiger partial charge in [0.05, 0.1) is 0 Å². The van der Waals surface area contributed by atoms with Crippen LogP contribution in [0, 0.1) is 0 Å². The summed E-state index contributed by atoms with van der Waals surface area (Å²) in [6.45, 7) is 0.925. The van der Waals surface area contributed by atoms with Crippen molar-refractivity contribution in [2.45, 2.75) is 25.3 Å². The van der Waals surface area contributed by atoms with Gasteiger partial charge >= 0.3 is 0 Å². The summed E-state index contributed by atoms with van der Waals surface area (Å²) in [7, 11) is 0. The third kappa shape index (κ3) is 3.08. The molecule has 0 spiro atoms. The van der Waals surface area contributed by atoms with Crippen molar-refractivity contribution in [2.75, 3.05) is 6.54 Å². The quantitative estimate of drug-likeness (QED) is 0.673. The molecular formula is C21H22N2O. The summed E-state index contributed by atoms with van der Waals surface area (Å²) >= 11 is 0. The monoisotopic (exact) mass is 318 g/mol. The number of aromatic hydroxyl groups is 1. The molecule has 0 saturated heterocycles. The van der Waals surface area contributed by atoms with Gasteiger partial charge in [0, 0.05) is 35.8 Å². The van der Waals surface area contributed by atoms with Crippen LogP contribution in [0.3, 0.4) is 0 Å². The minimum absolute atomic E-state index is 0.335. The molecule has 0 amide bonds. The van der Waals surface area contributed by atoms with E-state index in [2.05, 4.69) is 52.8 Å². The topological polar surface area (TPSA) is 48.0 Å². The van der Waals surface area contributed by atoms with Crippen molar-refractivity contribution in [3.05, 3.63) is 71.9 Å². The van der Waals surface area contributed by atoms with Crippen LogP contribution in [-0.4, -0.2) is 22.7 Å². The molecule has 2 heterocycles. The van der Waals surface area contributed by atoms with Gasteiger partial charge < -0.3 is 15.4 Å². The maximum absolute atomic E-state index is 9.91. The predicted molar refractivity (Wildman–Crippen MR) is 99.1 cm³/mol. The highest BCUT2D eigenvalue weighted by molar-refractivity contribution is 5.84. The second-order valence-electron chi connectivity index (χ2n) is 6.49. The van der Waals surface area contributed by atoms with Gasteiger partial charge in [-0.2, -0.15) is 0 Å². The first kappa shape index (κ1) is 15.0. The number of aromatic nitrogens is 1. The van der Waals surface area contributed by atoms with E-state index in [1.165, 1.54) is 22.1 Å². The second-order valence-corrected chi connectivity index (χ2v) is 6.49. The lowest BCUT2D eigenvalue weighted by Crippen LogP contribution is -2.33. The standard InChI is InChI=1S/C21H22N2O/c24-19-13-17(20-9-11-23-21(20)14-19)6-7-18-12-16(8-10-22-18)15-4-2-1-3-5-15/h1-5,8-9,11,13-14,18,22-24H,6-7,10,12H2. The zero-order valence-electron chi connectivity index (χ0n) is 13.6. The molecule has 1 aliphatic heterocycles. The Hall–Kier alpha value is -2.52. The average molecular weight is 318 g/mol. The van der Waals surface area contributed by atoms with Crippen LogP contribution in [-0.2, 0) is 6.42 Å². The van der Waals surface area contributed by atoms with E-state index in [9.17, 15) is 5.11 Å². The number of fused-ring (bicyclic) bond motifs is 1. The molecule has 122 valence electrons. The van der Waals surface area contributed by atoms with Crippen LogP contribution in [0.15, 0.2) is 60.8 Å². The molecule has 0 aliphatic carbocycles. The van der Waals surface area contributed by atoms with Gasteiger partial charge in [-0.05, 0) is 48.1 Å². The highest BCUT2D eigenvalue weighted by Crippen LogP contribution is 2.27. The summed E-state index contributed by atoms with van der Waals surface area (Å²) < 4.78 is 0. The van der Waals surface area contributed by atoms with Crippen molar-refractivity contribution in [1.82, 2.24) is 10.3 Å². The summed E-state index contributed by atoms with van der Waals surface area (Å²) in [5, 5.41) is 14.7. The van der Waals surface area contributed by atoms with Gasteiger partial charge in [0.15, 0.2) is 0 Å². The molecule has 3 aromatic rings. The molecule has 4 rings (SSSR count). The molecule has 24 heavy (non-hydrogen) atoms. The first-order chi connectivity index (χ1) is 11.8. The fourth-order valence-corrected chi connectivity index (χ4v) is 3.63. The SMILES string of the molecule is Oc1cc(CCC2CC(c3ccccc3)=CCN2)c2cc[nH]c2c1.